The van der Waals surface area contributed by atoms with E-state index < -0.39 is 84.6 Å². The Bertz CT molecular complexity index is 2190. The maximum atomic E-state index is 12.8. The van der Waals surface area contributed by atoms with Gasteiger partial charge in [-0.05, 0) is 6.42 Å². The molecule has 8 N–H and O–H groups in total. The van der Waals surface area contributed by atoms with Crippen LogP contribution in [0.15, 0.2) is 25.0 Å². The summed E-state index contributed by atoms with van der Waals surface area (Å²) in [7, 11) is -16.4. The van der Waals surface area contributed by atoms with Crippen LogP contribution < -0.4 is 10.6 Å². The molecule has 1 saturated heterocycles. The number of unbranched alkanes of at least 4 members (excludes halogenated alkanes) is 12. The van der Waals surface area contributed by atoms with Crippen LogP contribution in [0.5, 0.6) is 0 Å². The Kier molecular flexibility index (Phi) is 23.0. The van der Waals surface area contributed by atoms with Crippen molar-refractivity contribution >= 4 is 69.0 Å². The van der Waals surface area contributed by atoms with E-state index in [-0.39, 0.29) is 35.8 Å². The number of carbonyl (C=O) groups excluding carboxylic acids is 3. The van der Waals surface area contributed by atoms with E-state index in [9.17, 15) is 57.9 Å². The minimum Gasteiger partial charge on any atom is -0.386 e. The molecule has 24 nitrogen and oxygen atoms in total. The monoisotopic (exact) mass is 1030 g/mol. The van der Waals surface area contributed by atoms with Gasteiger partial charge in [0, 0.05) is 49.5 Å². The fraction of sp³-hybridized carbons (Fsp3) is 0.744. The molecule has 4 rings (SSSR count). The topological polar surface area (TPSA) is 342 Å². The molecule has 0 aromatic carbocycles. The Balaban J connectivity index is 1.11. The summed E-state index contributed by atoms with van der Waals surface area (Å²) in [6.45, 7) is 2.85. The average Bonchev–Trinajstić information content (AvgIpc) is 3.99. The number of fused-ring (bicyclic) bond motifs is 3. The summed E-state index contributed by atoms with van der Waals surface area (Å²) in [6.07, 6.45) is 13.1. The van der Waals surface area contributed by atoms with Gasteiger partial charge in [-0.25, -0.2) is 28.6 Å². The summed E-state index contributed by atoms with van der Waals surface area (Å²) >= 11 is 1.16. The van der Waals surface area contributed by atoms with Crippen LogP contribution in [-0.2, 0) is 50.7 Å². The van der Waals surface area contributed by atoms with E-state index in [1.54, 1.807) is 10.6 Å². The number of carbonyl (C=O) groups is 3. The number of hydrogen-bond donors (Lipinski definition) is 8. The second-order valence-corrected chi connectivity index (χ2v) is 22.3. The maximum absolute atomic E-state index is 12.8. The van der Waals surface area contributed by atoms with Crippen molar-refractivity contribution in [1.29, 1.82) is 0 Å². The van der Waals surface area contributed by atoms with Crippen molar-refractivity contribution < 1.29 is 80.5 Å². The molecule has 0 radical (unpaired) electrons. The van der Waals surface area contributed by atoms with Crippen LogP contribution in [0.2, 0.25) is 0 Å². The Morgan fingerprint density at radius 2 is 1.46 bits per heavy atom. The van der Waals surface area contributed by atoms with Gasteiger partial charge >= 0.3 is 23.5 Å². The first kappa shape index (κ1) is 56.9. The number of aliphatic hydroxyl groups is 2. The molecule has 1 aliphatic rings. The van der Waals surface area contributed by atoms with Crippen LogP contribution in [-0.4, -0.2) is 127 Å². The molecule has 2 amide bonds. The van der Waals surface area contributed by atoms with Gasteiger partial charge in [0.2, 0.25) is 11.8 Å². The van der Waals surface area contributed by atoms with Gasteiger partial charge < -0.3 is 45.2 Å². The van der Waals surface area contributed by atoms with Crippen molar-refractivity contribution in [1.82, 2.24) is 34.6 Å². The predicted molar refractivity (Wildman–Crippen MR) is 244 cm³/mol. The number of ether oxygens (including phenoxy) is 1. The van der Waals surface area contributed by atoms with Crippen LogP contribution in [0.3, 0.4) is 0 Å². The SMILES string of the molecule is CCCCCCCCCCCCCCCC(=O)SCCNC(=O)CCNC(=O)[C@H](O)C(C)(C)COP(=O)(O)OP(=O)(O)OC[C@H]1O[C@@H](n2cnc3c2ncn2ccnc32)[C@H](O)[C@@H]1OP(=O)(O)O. The molecular formula is C39H66N7O17P3S. The summed E-state index contributed by atoms with van der Waals surface area (Å²) in [5.41, 5.74) is -0.827. The summed E-state index contributed by atoms with van der Waals surface area (Å²) in [6, 6.07) is 0. The highest BCUT2D eigenvalue weighted by atomic mass is 32.2. The lowest BCUT2D eigenvalue weighted by molar-refractivity contribution is -0.137. The molecule has 0 spiro atoms. The number of nitrogens with one attached hydrogen (secondary N) is 2. The zero-order chi connectivity index (χ0) is 49.3. The van der Waals surface area contributed by atoms with Crippen molar-refractivity contribution in [3.05, 3.63) is 25.0 Å². The van der Waals surface area contributed by atoms with Crippen LogP contribution in [0.1, 0.15) is 123 Å². The number of hydrogen-bond acceptors (Lipinski definition) is 17. The van der Waals surface area contributed by atoms with Gasteiger partial charge in [0.15, 0.2) is 28.2 Å². The molecule has 4 heterocycles. The standard InChI is InChI=1S/C39H66N7O17P3S/c1-4-5-6-7-8-9-10-11-12-13-14-15-16-17-30(48)67-23-21-40-29(47)18-19-42-37(51)34(50)39(2,3)25-60-66(57,58)63-65(55,56)59-24-28-33(62-64(52,53)54)32(49)38(61-28)46-27-43-31-35-41-20-22-45(35)26-44-36(31)46/h20,22,26-28,32-34,38,49-50H,4-19,21,23-25H2,1-3H3,(H,40,47)(H,42,51)(H,55,56)(H,57,58)(H2,52,53,54)/t28-,32-,33-,34+,38-/m1/s1. The third-order valence-corrected chi connectivity index (χ3v) is 14.8. The molecule has 1 fully saturated rings. The van der Waals surface area contributed by atoms with Crippen molar-refractivity contribution in [2.75, 3.05) is 32.1 Å². The summed E-state index contributed by atoms with van der Waals surface area (Å²) in [4.78, 5) is 89.4. The van der Waals surface area contributed by atoms with Crippen LogP contribution in [0, 0.1) is 5.41 Å². The molecule has 28 heteroatoms. The van der Waals surface area contributed by atoms with Gasteiger partial charge in [-0.3, -0.25) is 36.9 Å². The fourth-order valence-corrected chi connectivity index (χ4v) is 10.7. The van der Waals surface area contributed by atoms with E-state index in [4.69, 9.17) is 18.3 Å². The predicted octanol–water partition coefficient (Wildman–Crippen LogP) is 4.82. The molecule has 380 valence electrons. The molecule has 1 aliphatic heterocycles. The highest BCUT2D eigenvalue weighted by molar-refractivity contribution is 8.13. The molecule has 3 aromatic rings. The Morgan fingerprint density at radius 1 is 0.836 bits per heavy atom. The first-order chi connectivity index (χ1) is 31.6. The van der Waals surface area contributed by atoms with Gasteiger partial charge in [0.05, 0.1) is 19.5 Å². The number of amides is 2. The van der Waals surface area contributed by atoms with Gasteiger partial charge in [-0.1, -0.05) is 110 Å². The normalized spacial score (nSPS) is 20.2. The number of thioether (sulfide) groups is 1. The molecule has 67 heavy (non-hydrogen) atoms. The van der Waals surface area contributed by atoms with Crippen molar-refractivity contribution in [3.63, 3.8) is 0 Å². The Labute approximate surface area is 393 Å². The number of phosphoric ester groups is 3. The molecule has 0 bridgehead atoms. The van der Waals surface area contributed by atoms with E-state index >= 15 is 0 Å². The van der Waals surface area contributed by atoms with E-state index in [1.807, 2.05) is 0 Å². The molecule has 7 atom stereocenters. The fourth-order valence-electron chi connectivity index (χ4n) is 7.13. The number of aromatic nitrogens is 5. The van der Waals surface area contributed by atoms with Crippen molar-refractivity contribution in [2.45, 2.75) is 148 Å². The van der Waals surface area contributed by atoms with E-state index in [0.717, 1.165) is 31.0 Å². The smallest absolute Gasteiger partial charge is 0.386 e. The number of rotatable bonds is 33. The van der Waals surface area contributed by atoms with Gasteiger partial charge in [0.1, 0.15) is 30.7 Å². The van der Waals surface area contributed by atoms with Crippen molar-refractivity contribution in [2.24, 2.45) is 5.41 Å². The highest BCUT2D eigenvalue weighted by Gasteiger charge is 2.50. The highest BCUT2D eigenvalue weighted by Crippen LogP contribution is 2.61. The number of imidazole rings is 2. The molecule has 3 aromatic heterocycles. The van der Waals surface area contributed by atoms with Gasteiger partial charge in [-0.2, -0.15) is 4.31 Å². The number of nitrogens with zero attached hydrogens (tertiary/aromatic N) is 5. The van der Waals surface area contributed by atoms with Crippen LogP contribution >= 0.6 is 35.2 Å². The quantitative estimate of drug-likeness (QED) is 0.0299. The summed E-state index contributed by atoms with van der Waals surface area (Å²) in [5, 5.41) is 26.8. The second kappa shape index (κ2) is 27.1. The van der Waals surface area contributed by atoms with E-state index in [0.29, 0.717) is 17.8 Å². The summed E-state index contributed by atoms with van der Waals surface area (Å²) in [5.74, 6) is -0.970. The third kappa shape index (κ3) is 19.2. The van der Waals surface area contributed by atoms with E-state index in [1.165, 1.54) is 101 Å². The molecule has 0 aliphatic carbocycles. The zero-order valence-electron chi connectivity index (χ0n) is 38.0. The lowest BCUT2D eigenvalue weighted by atomic mass is 9.87. The van der Waals surface area contributed by atoms with Crippen LogP contribution in [0.4, 0.5) is 0 Å². The van der Waals surface area contributed by atoms with Gasteiger partial charge in [0.25, 0.3) is 0 Å². The minimum absolute atomic E-state index is 0.0706. The Hall–Kier alpha value is -2.70. The maximum Gasteiger partial charge on any atom is 0.481 e. The van der Waals surface area contributed by atoms with Gasteiger partial charge in [-0.15, -0.1) is 0 Å². The lowest BCUT2D eigenvalue weighted by Crippen LogP contribution is -2.46. The third-order valence-electron chi connectivity index (χ3n) is 10.8. The first-order valence-electron chi connectivity index (χ1n) is 22.4. The number of aliphatic hydroxyl groups excluding tert-OH is 2. The van der Waals surface area contributed by atoms with E-state index in [2.05, 4.69) is 36.8 Å². The first-order valence-corrected chi connectivity index (χ1v) is 27.9. The zero-order valence-corrected chi connectivity index (χ0v) is 41.5. The average molecular weight is 1030 g/mol. The second-order valence-electron chi connectivity index (χ2n) is 16.9. The Morgan fingerprint density at radius 3 is 2.10 bits per heavy atom. The van der Waals surface area contributed by atoms with Crippen molar-refractivity contribution in [3.8, 4) is 0 Å². The van der Waals surface area contributed by atoms with Crippen LogP contribution in [0.25, 0.3) is 16.8 Å². The minimum atomic E-state index is -5.57. The number of phosphoric acid groups is 3. The summed E-state index contributed by atoms with van der Waals surface area (Å²) < 4.78 is 64.5. The molecule has 2 unspecified atom stereocenters. The lowest BCUT2D eigenvalue weighted by Gasteiger charge is -2.30. The largest absolute Gasteiger partial charge is 0.481 e. The molecule has 0 saturated carbocycles. The molecular weight excluding hydrogens is 963 g/mol.